The molecule has 0 aliphatic heterocycles. The van der Waals surface area contributed by atoms with Crippen LogP contribution in [0.2, 0.25) is 0 Å². The van der Waals surface area contributed by atoms with Crippen molar-refractivity contribution in [2.45, 2.75) is 18.9 Å². The molecule has 11 heteroatoms. The number of nitrogens with zero attached hydrogens (tertiary/aromatic N) is 3. The molecule has 0 aromatic carbocycles. The van der Waals surface area contributed by atoms with Gasteiger partial charge in [0.25, 0.3) is 5.09 Å². The maximum absolute atomic E-state index is 11.3. The molecule has 1 amide bonds. The third-order valence-electron chi connectivity index (χ3n) is 2.18. The summed E-state index contributed by atoms with van der Waals surface area (Å²) in [5, 5.41) is 25.0. The van der Waals surface area contributed by atoms with Crippen molar-refractivity contribution in [1.82, 2.24) is 14.9 Å². The van der Waals surface area contributed by atoms with E-state index in [9.17, 15) is 9.59 Å². The summed E-state index contributed by atoms with van der Waals surface area (Å²) in [6.07, 6.45) is 3.57. The number of carboxylic acid groups (broad SMARTS) is 1. The van der Waals surface area contributed by atoms with Crippen molar-refractivity contribution in [2.24, 2.45) is 12.8 Å². The van der Waals surface area contributed by atoms with Crippen molar-refractivity contribution in [2.75, 3.05) is 6.54 Å². The number of carbonyl (C=O) groups excluding carboxylic acids is 1. The zero-order valence-corrected chi connectivity index (χ0v) is 11.3. The third kappa shape index (κ3) is 8.93. The molecule has 1 rings (SSSR count). The molecule has 0 fully saturated rings. The van der Waals surface area contributed by atoms with Crippen molar-refractivity contribution in [3.05, 3.63) is 28.3 Å². The van der Waals surface area contributed by atoms with Crippen molar-refractivity contribution in [3.8, 4) is 0 Å². The fourth-order valence-electron chi connectivity index (χ4n) is 1.38. The average molecular weight is 303 g/mol. The van der Waals surface area contributed by atoms with Crippen LogP contribution in [0.1, 0.15) is 12.1 Å². The zero-order chi connectivity index (χ0) is 16.4. The predicted molar refractivity (Wildman–Crippen MR) is 68.9 cm³/mol. The molecule has 1 aromatic heterocycles. The van der Waals surface area contributed by atoms with Crippen LogP contribution >= 0.6 is 0 Å². The number of hydrogen-bond acceptors (Lipinski definition) is 6. The first-order valence-corrected chi connectivity index (χ1v) is 5.78. The molecule has 1 unspecified atom stereocenters. The maximum Gasteiger partial charge on any atom is 0.326 e. The third-order valence-corrected chi connectivity index (χ3v) is 2.18. The molecule has 0 aliphatic rings. The maximum atomic E-state index is 11.3. The number of aromatic nitrogens is 2. The molecule has 0 aliphatic carbocycles. The summed E-state index contributed by atoms with van der Waals surface area (Å²) < 4.78 is 1.72. The lowest BCUT2D eigenvalue weighted by molar-refractivity contribution is -0.742. The van der Waals surface area contributed by atoms with E-state index in [4.69, 9.17) is 26.2 Å². The summed E-state index contributed by atoms with van der Waals surface area (Å²) in [4.78, 5) is 34.6. The Morgan fingerprint density at radius 1 is 1.62 bits per heavy atom. The molecule has 21 heavy (non-hydrogen) atoms. The highest BCUT2D eigenvalue weighted by atomic mass is 16.9. The summed E-state index contributed by atoms with van der Waals surface area (Å²) in [5.41, 5.74) is 5.83. The van der Waals surface area contributed by atoms with Crippen LogP contribution in [0.15, 0.2) is 12.5 Å². The van der Waals surface area contributed by atoms with Crippen molar-refractivity contribution >= 4 is 11.9 Å². The number of aliphatic carboxylic acids is 1. The molecule has 1 atom stereocenters. The molecule has 1 heterocycles. The van der Waals surface area contributed by atoms with Crippen LogP contribution in [-0.2, 0) is 23.1 Å². The van der Waals surface area contributed by atoms with Crippen LogP contribution in [-0.4, -0.2) is 49.4 Å². The van der Waals surface area contributed by atoms with Gasteiger partial charge in [-0.3, -0.25) is 4.79 Å². The van der Waals surface area contributed by atoms with Gasteiger partial charge in [-0.15, -0.1) is 10.1 Å². The van der Waals surface area contributed by atoms with E-state index in [1.807, 2.05) is 0 Å². The highest BCUT2D eigenvalue weighted by Gasteiger charge is 2.20. The second-order valence-corrected chi connectivity index (χ2v) is 3.97. The monoisotopic (exact) mass is 303 g/mol. The largest absolute Gasteiger partial charge is 0.480 e. The van der Waals surface area contributed by atoms with E-state index < -0.39 is 17.1 Å². The van der Waals surface area contributed by atoms with Crippen LogP contribution in [0.5, 0.6) is 0 Å². The Morgan fingerprint density at radius 3 is 2.57 bits per heavy atom. The fraction of sp³-hybridized carbons (Fsp3) is 0.500. The SMILES string of the molecule is Cn1cnc(CC(NC(=O)CCN)C(=O)O)c1.O=[N+]([O-])O. The second-order valence-electron chi connectivity index (χ2n) is 3.97. The van der Waals surface area contributed by atoms with Crippen LogP contribution in [0.3, 0.4) is 0 Å². The number of carboxylic acids is 1. The van der Waals surface area contributed by atoms with Crippen molar-refractivity contribution in [3.63, 3.8) is 0 Å². The molecule has 0 radical (unpaired) electrons. The van der Waals surface area contributed by atoms with E-state index in [0.717, 1.165) is 0 Å². The highest BCUT2D eigenvalue weighted by molar-refractivity contribution is 5.83. The van der Waals surface area contributed by atoms with Gasteiger partial charge in [0.15, 0.2) is 0 Å². The molecular formula is C10H17N5O6. The topological polar surface area (TPSA) is 174 Å². The van der Waals surface area contributed by atoms with E-state index in [0.29, 0.717) is 5.69 Å². The lowest BCUT2D eigenvalue weighted by atomic mass is 10.1. The molecule has 0 bridgehead atoms. The number of carbonyl (C=O) groups is 2. The van der Waals surface area contributed by atoms with Gasteiger partial charge in [-0.1, -0.05) is 0 Å². The fourth-order valence-corrected chi connectivity index (χ4v) is 1.38. The number of amides is 1. The van der Waals surface area contributed by atoms with E-state index in [-0.39, 0.29) is 25.3 Å². The van der Waals surface area contributed by atoms with Crippen molar-refractivity contribution < 1.29 is 25.0 Å². The Hall–Kier alpha value is -2.69. The summed E-state index contributed by atoms with van der Waals surface area (Å²) in [6.45, 7) is 0.196. The van der Waals surface area contributed by atoms with Gasteiger partial charge in [-0.2, -0.15) is 0 Å². The predicted octanol–water partition coefficient (Wildman–Crippen LogP) is -1.47. The van der Waals surface area contributed by atoms with Gasteiger partial charge in [0, 0.05) is 32.6 Å². The summed E-state index contributed by atoms with van der Waals surface area (Å²) in [5.74, 6) is -1.45. The van der Waals surface area contributed by atoms with E-state index >= 15 is 0 Å². The Kier molecular flexibility index (Phi) is 8.07. The molecule has 11 nitrogen and oxygen atoms in total. The average Bonchev–Trinajstić information content (AvgIpc) is 2.73. The quantitative estimate of drug-likeness (QED) is 0.364. The minimum Gasteiger partial charge on any atom is -0.480 e. The standard InChI is InChI=1S/C10H16N4O3.HNO3/c1-14-5-7(12-6-14)4-8(10(16)17)13-9(15)2-3-11;2-1(3)4/h5-6,8H,2-4,11H2,1H3,(H,13,15)(H,16,17);(H,2,3,4). The molecule has 1 aromatic rings. The Morgan fingerprint density at radius 2 is 2.19 bits per heavy atom. The minimum atomic E-state index is -1.50. The van der Waals surface area contributed by atoms with Crippen LogP contribution in [0, 0.1) is 10.1 Å². The second kappa shape index (κ2) is 9.25. The molecule has 118 valence electrons. The number of imidazole rings is 1. The van der Waals surface area contributed by atoms with Gasteiger partial charge in [-0.05, 0) is 0 Å². The van der Waals surface area contributed by atoms with Crippen LogP contribution < -0.4 is 11.1 Å². The summed E-state index contributed by atoms with van der Waals surface area (Å²) >= 11 is 0. The lowest BCUT2D eigenvalue weighted by Gasteiger charge is -2.12. The van der Waals surface area contributed by atoms with Gasteiger partial charge >= 0.3 is 5.97 Å². The highest BCUT2D eigenvalue weighted by Crippen LogP contribution is 2.00. The van der Waals surface area contributed by atoms with Gasteiger partial charge in [0.1, 0.15) is 6.04 Å². The smallest absolute Gasteiger partial charge is 0.326 e. The Bertz CT molecular complexity index is 484. The van der Waals surface area contributed by atoms with Gasteiger partial charge < -0.3 is 25.9 Å². The van der Waals surface area contributed by atoms with Crippen LogP contribution in [0.25, 0.3) is 0 Å². The van der Waals surface area contributed by atoms with Crippen LogP contribution in [0.4, 0.5) is 0 Å². The van der Waals surface area contributed by atoms with E-state index in [2.05, 4.69) is 10.3 Å². The number of nitrogens with one attached hydrogen (secondary N) is 1. The first kappa shape index (κ1) is 18.3. The number of rotatable bonds is 6. The summed E-state index contributed by atoms with van der Waals surface area (Å²) in [7, 11) is 1.79. The van der Waals surface area contributed by atoms with E-state index in [1.54, 1.807) is 24.1 Å². The van der Waals surface area contributed by atoms with Crippen molar-refractivity contribution in [1.29, 1.82) is 0 Å². The minimum absolute atomic E-state index is 0.117. The Balaban J connectivity index is 0.000000885. The molecule has 0 saturated carbocycles. The summed E-state index contributed by atoms with van der Waals surface area (Å²) in [6, 6.07) is -0.969. The van der Waals surface area contributed by atoms with Gasteiger partial charge in [0.05, 0.1) is 12.0 Å². The zero-order valence-electron chi connectivity index (χ0n) is 11.3. The first-order chi connectivity index (χ1) is 9.76. The molecule has 0 saturated heterocycles. The first-order valence-electron chi connectivity index (χ1n) is 5.78. The molecular weight excluding hydrogens is 286 g/mol. The number of hydrogen-bond donors (Lipinski definition) is 4. The van der Waals surface area contributed by atoms with E-state index in [1.165, 1.54) is 0 Å². The molecule has 5 N–H and O–H groups in total. The number of aryl methyl sites for hydroxylation is 1. The Labute approximate surface area is 119 Å². The van der Waals surface area contributed by atoms with Gasteiger partial charge in [-0.25, -0.2) is 9.78 Å². The normalized spacial score (nSPS) is 11.0. The van der Waals surface area contributed by atoms with Gasteiger partial charge in [0.2, 0.25) is 5.91 Å². The lowest BCUT2D eigenvalue weighted by Crippen LogP contribution is -2.42. The molecule has 0 spiro atoms. The number of nitrogens with two attached hydrogens (primary N) is 1.